The number of aliphatic hydroxyl groups excluding tert-OH is 1. The normalized spacial score (nSPS) is 17.7. The monoisotopic (exact) mass is 536 g/mol. The van der Waals surface area contributed by atoms with Crippen molar-refractivity contribution in [2.75, 3.05) is 13.1 Å². The van der Waals surface area contributed by atoms with Crippen molar-refractivity contribution >= 4 is 22.8 Å². The number of piperidine rings is 1. The first kappa shape index (κ1) is 30.7. The second-order valence-electron chi connectivity index (χ2n) is 10.7. The van der Waals surface area contributed by atoms with E-state index in [9.17, 15) is 19.8 Å². The molecule has 214 valence electrons. The Morgan fingerprint density at radius 2 is 1.79 bits per heavy atom. The van der Waals surface area contributed by atoms with E-state index in [4.69, 9.17) is 0 Å². The minimum absolute atomic E-state index is 0.136. The molecule has 1 saturated heterocycles. The molecule has 1 aromatic heterocycles. The van der Waals surface area contributed by atoms with Crippen molar-refractivity contribution in [3.63, 3.8) is 0 Å². The maximum atomic E-state index is 13.8. The summed E-state index contributed by atoms with van der Waals surface area (Å²) in [7, 11) is 0. The van der Waals surface area contributed by atoms with E-state index in [0.717, 1.165) is 36.6 Å². The molecule has 1 saturated carbocycles. The maximum Gasteiger partial charge on any atom is 0.335 e. The summed E-state index contributed by atoms with van der Waals surface area (Å²) in [6.45, 7) is 11.7. The number of carbonyl (C=O) groups excluding carboxylic acids is 1. The number of carboxylic acid groups (broad SMARTS) is 1. The predicted octanol–water partition coefficient (Wildman–Crippen LogP) is 7.10. The van der Waals surface area contributed by atoms with Gasteiger partial charge in [-0.25, -0.2) is 4.79 Å². The highest BCUT2D eigenvalue weighted by atomic mass is 16.4. The van der Waals surface area contributed by atoms with Crippen LogP contribution in [0.2, 0.25) is 0 Å². The summed E-state index contributed by atoms with van der Waals surface area (Å²) >= 11 is 0. The van der Waals surface area contributed by atoms with Crippen molar-refractivity contribution in [1.29, 1.82) is 0 Å². The van der Waals surface area contributed by atoms with Crippen LogP contribution in [0.3, 0.4) is 0 Å². The Morgan fingerprint density at radius 3 is 2.41 bits per heavy atom. The van der Waals surface area contributed by atoms with Gasteiger partial charge in [0.25, 0.3) is 0 Å². The number of rotatable bonds is 10. The van der Waals surface area contributed by atoms with E-state index >= 15 is 0 Å². The second kappa shape index (κ2) is 15.1. The van der Waals surface area contributed by atoms with Crippen LogP contribution in [0.25, 0.3) is 10.9 Å². The number of carboxylic acids is 1. The standard InChI is InChI=1S/C31H42N2O4.C2H6/c1-3-5-7-13-24(30(35)32-18-16-25(34)17-19-32)21-33-27(10-4-2)29(22-11-8-6-9-12-22)26-15-14-23(31(36)37)20-28(26)33;1-2/h3-5,14-15,20,22,24-25,34H,2,6-13,16-19,21H2,1H3,(H,36,37);1-2H3/b5-3-;. The molecular formula is C33H48N2O4. The number of carbonyl (C=O) groups is 2. The fraction of sp³-hybridized carbons (Fsp3) is 0.576. The van der Waals surface area contributed by atoms with Crippen molar-refractivity contribution in [1.82, 2.24) is 9.47 Å². The van der Waals surface area contributed by atoms with Crippen LogP contribution in [0.15, 0.2) is 43.0 Å². The molecule has 1 aliphatic heterocycles. The van der Waals surface area contributed by atoms with Gasteiger partial charge in [0.2, 0.25) is 5.91 Å². The van der Waals surface area contributed by atoms with Gasteiger partial charge in [0.15, 0.2) is 0 Å². The van der Waals surface area contributed by atoms with Crippen LogP contribution in [0.5, 0.6) is 0 Å². The zero-order chi connectivity index (χ0) is 28.4. The lowest BCUT2D eigenvalue weighted by Gasteiger charge is -2.33. The molecule has 2 aromatic rings. The first-order valence-corrected chi connectivity index (χ1v) is 15.0. The van der Waals surface area contributed by atoms with E-state index in [-0.39, 0.29) is 23.5 Å². The number of aromatic nitrogens is 1. The van der Waals surface area contributed by atoms with Gasteiger partial charge in [-0.1, -0.05) is 57.4 Å². The summed E-state index contributed by atoms with van der Waals surface area (Å²) in [6.07, 6.45) is 15.2. The average Bonchev–Trinajstić information content (AvgIpc) is 3.26. The van der Waals surface area contributed by atoms with Crippen LogP contribution >= 0.6 is 0 Å². The van der Waals surface area contributed by atoms with Gasteiger partial charge in [0.1, 0.15) is 0 Å². The molecule has 2 aliphatic rings. The van der Waals surface area contributed by atoms with E-state index in [1.807, 2.05) is 43.9 Å². The van der Waals surface area contributed by atoms with E-state index < -0.39 is 5.97 Å². The first-order valence-electron chi connectivity index (χ1n) is 15.0. The summed E-state index contributed by atoms with van der Waals surface area (Å²) in [5, 5.41) is 20.8. The van der Waals surface area contributed by atoms with Crippen molar-refractivity contribution in [2.45, 2.75) is 104 Å². The third-order valence-corrected chi connectivity index (χ3v) is 8.26. The van der Waals surface area contributed by atoms with Crippen LogP contribution in [0.1, 0.15) is 106 Å². The molecule has 6 heteroatoms. The fourth-order valence-corrected chi connectivity index (χ4v) is 6.30. The highest BCUT2D eigenvalue weighted by molar-refractivity contribution is 5.95. The van der Waals surface area contributed by atoms with E-state index in [1.165, 1.54) is 30.5 Å². The van der Waals surface area contributed by atoms with Gasteiger partial charge in [-0.05, 0) is 69.1 Å². The minimum atomic E-state index is -0.938. The molecule has 0 spiro atoms. The number of allylic oxidation sites excluding steroid dienone is 3. The summed E-state index contributed by atoms with van der Waals surface area (Å²) in [5.41, 5.74) is 3.69. The molecule has 1 aliphatic carbocycles. The van der Waals surface area contributed by atoms with E-state index in [2.05, 4.69) is 17.2 Å². The number of hydrogen-bond acceptors (Lipinski definition) is 3. The average molecular weight is 537 g/mol. The maximum absolute atomic E-state index is 13.8. The molecule has 1 amide bonds. The van der Waals surface area contributed by atoms with Crippen LogP contribution in [0, 0.1) is 5.92 Å². The Labute approximate surface area is 234 Å². The van der Waals surface area contributed by atoms with Gasteiger partial charge in [-0.3, -0.25) is 4.79 Å². The lowest BCUT2D eigenvalue weighted by atomic mass is 9.82. The fourth-order valence-electron chi connectivity index (χ4n) is 6.30. The van der Waals surface area contributed by atoms with Crippen molar-refractivity contribution < 1.29 is 19.8 Å². The summed E-state index contributed by atoms with van der Waals surface area (Å²) < 4.78 is 2.24. The van der Waals surface area contributed by atoms with Gasteiger partial charge in [-0.15, -0.1) is 6.58 Å². The zero-order valence-electron chi connectivity index (χ0n) is 24.2. The molecule has 1 unspecified atom stereocenters. The zero-order valence-corrected chi connectivity index (χ0v) is 24.2. The Balaban J connectivity index is 0.00000205. The molecule has 2 N–H and O–H groups in total. The third-order valence-electron chi connectivity index (χ3n) is 8.26. The van der Waals surface area contributed by atoms with Crippen LogP contribution < -0.4 is 0 Å². The first-order chi connectivity index (χ1) is 18.9. The van der Waals surface area contributed by atoms with Crippen LogP contribution in [-0.2, 0) is 17.8 Å². The SMILES string of the molecule is C=CCc1c(C2CCCCC2)c2ccc(C(=O)O)cc2n1CC(CC/C=C\C)C(=O)N1CCC(O)CC1.CC. The van der Waals surface area contributed by atoms with Crippen LogP contribution in [0.4, 0.5) is 0 Å². The topological polar surface area (TPSA) is 82.8 Å². The predicted molar refractivity (Wildman–Crippen MR) is 159 cm³/mol. The van der Waals surface area contributed by atoms with Gasteiger partial charge in [0, 0.05) is 42.7 Å². The number of aliphatic hydroxyl groups is 1. The minimum Gasteiger partial charge on any atom is -0.478 e. The number of hydrogen-bond donors (Lipinski definition) is 2. The Morgan fingerprint density at radius 1 is 1.10 bits per heavy atom. The Hall–Kier alpha value is -2.86. The third kappa shape index (κ3) is 7.42. The summed E-state index contributed by atoms with van der Waals surface area (Å²) in [4.78, 5) is 27.6. The number of fused-ring (bicyclic) bond motifs is 1. The summed E-state index contributed by atoms with van der Waals surface area (Å²) in [6, 6.07) is 5.49. The van der Waals surface area contributed by atoms with Crippen molar-refractivity contribution in [3.8, 4) is 0 Å². The Bertz CT molecular complexity index is 1130. The molecule has 2 fully saturated rings. The van der Waals surface area contributed by atoms with Crippen molar-refractivity contribution in [3.05, 3.63) is 59.8 Å². The van der Waals surface area contributed by atoms with E-state index in [1.54, 1.807) is 12.1 Å². The van der Waals surface area contributed by atoms with Crippen molar-refractivity contribution in [2.24, 2.45) is 5.92 Å². The molecule has 39 heavy (non-hydrogen) atoms. The lowest BCUT2D eigenvalue weighted by Crippen LogP contribution is -2.44. The molecule has 1 aromatic carbocycles. The molecule has 0 bridgehead atoms. The molecule has 6 nitrogen and oxygen atoms in total. The highest BCUT2D eigenvalue weighted by Crippen LogP contribution is 2.41. The molecular weight excluding hydrogens is 488 g/mol. The molecule has 0 radical (unpaired) electrons. The molecule has 2 heterocycles. The number of amides is 1. The Kier molecular flexibility index (Phi) is 11.9. The van der Waals surface area contributed by atoms with Crippen LogP contribution in [-0.4, -0.2) is 50.8 Å². The van der Waals surface area contributed by atoms with Gasteiger partial charge < -0.3 is 19.7 Å². The number of likely N-dealkylation sites (tertiary alicyclic amines) is 1. The highest BCUT2D eigenvalue weighted by Gasteiger charge is 2.31. The molecule has 1 atom stereocenters. The van der Waals surface area contributed by atoms with E-state index in [0.29, 0.717) is 44.8 Å². The number of benzene rings is 1. The lowest BCUT2D eigenvalue weighted by molar-refractivity contribution is -0.138. The molecule has 4 rings (SSSR count). The quantitative estimate of drug-likeness (QED) is 0.317. The second-order valence-corrected chi connectivity index (χ2v) is 10.7. The smallest absolute Gasteiger partial charge is 0.335 e. The van der Waals surface area contributed by atoms with Gasteiger partial charge in [-0.2, -0.15) is 0 Å². The largest absolute Gasteiger partial charge is 0.478 e. The number of aromatic carboxylic acids is 1. The number of nitrogens with zero attached hydrogens (tertiary/aromatic N) is 2. The summed E-state index contributed by atoms with van der Waals surface area (Å²) in [5.74, 6) is -0.578. The van der Waals surface area contributed by atoms with Gasteiger partial charge in [0.05, 0.1) is 17.6 Å². The van der Waals surface area contributed by atoms with Gasteiger partial charge >= 0.3 is 5.97 Å².